The lowest BCUT2D eigenvalue weighted by atomic mass is 10.1. The van der Waals surface area contributed by atoms with E-state index in [2.05, 4.69) is 26.2 Å². The Bertz CT molecular complexity index is 163. The van der Waals surface area contributed by atoms with Crippen LogP contribution in [0.4, 0.5) is 0 Å². The van der Waals surface area contributed by atoms with E-state index in [1.165, 1.54) is 51.4 Å². The lowest BCUT2D eigenvalue weighted by molar-refractivity contribution is 0.0590. The summed E-state index contributed by atoms with van der Waals surface area (Å²) in [6, 6.07) is 0.312. The van der Waals surface area contributed by atoms with Gasteiger partial charge in [-0.3, -0.25) is 11.3 Å². The third-order valence-corrected chi connectivity index (χ3v) is 3.27. The quantitative estimate of drug-likeness (QED) is 0.300. The van der Waals surface area contributed by atoms with Gasteiger partial charge >= 0.3 is 0 Å². The average Bonchev–Trinajstić information content (AvgIpc) is 2.36. The van der Waals surface area contributed by atoms with Gasteiger partial charge in [0.25, 0.3) is 0 Å². The molecule has 0 aromatic heterocycles. The Kier molecular flexibility index (Phi) is 13.2. The smallest absolute Gasteiger partial charge is 0.0636 e. The highest BCUT2D eigenvalue weighted by atomic mass is 16.5. The van der Waals surface area contributed by atoms with Crippen LogP contribution in [0.3, 0.4) is 0 Å². The molecule has 0 saturated heterocycles. The molecule has 0 amide bonds. The van der Waals surface area contributed by atoms with Crippen LogP contribution in [-0.4, -0.2) is 18.8 Å². The van der Waals surface area contributed by atoms with Gasteiger partial charge in [-0.05, 0) is 20.3 Å². The monoisotopic (exact) mass is 258 g/mol. The van der Waals surface area contributed by atoms with Crippen molar-refractivity contribution < 1.29 is 4.74 Å². The number of hydrazine groups is 1. The van der Waals surface area contributed by atoms with E-state index in [-0.39, 0.29) is 0 Å². The van der Waals surface area contributed by atoms with Gasteiger partial charge < -0.3 is 4.74 Å². The molecular formula is C15H34N2O. The van der Waals surface area contributed by atoms with Gasteiger partial charge in [-0.1, -0.05) is 58.3 Å². The molecule has 0 aliphatic heterocycles. The molecule has 0 saturated carbocycles. The molecule has 3 N–H and O–H groups in total. The van der Waals surface area contributed by atoms with Crippen molar-refractivity contribution in [2.75, 3.05) is 6.61 Å². The molecule has 0 rings (SSSR count). The highest BCUT2D eigenvalue weighted by Crippen LogP contribution is 2.10. The van der Waals surface area contributed by atoms with Gasteiger partial charge in [-0.2, -0.15) is 0 Å². The van der Waals surface area contributed by atoms with Crippen molar-refractivity contribution in [1.29, 1.82) is 0 Å². The molecule has 1 atom stereocenters. The molecule has 0 aromatic rings. The Morgan fingerprint density at radius 2 is 1.50 bits per heavy atom. The largest absolute Gasteiger partial charge is 0.377 e. The highest BCUT2D eigenvalue weighted by Gasteiger charge is 2.07. The second-order valence-electron chi connectivity index (χ2n) is 5.51. The van der Waals surface area contributed by atoms with Gasteiger partial charge in [-0.15, -0.1) is 0 Å². The van der Waals surface area contributed by atoms with Crippen molar-refractivity contribution in [1.82, 2.24) is 5.43 Å². The number of nitrogens with one attached hydrogen (secondary N) is 1. The number of nitrogens with two attached hydrogens (primary N) is 1. The minimum absolute atomic E-state index is 0.291. The van der Waals surface area contributed by atoms with Crippen LogP contribution in [-0.2, 0) is 4.74 Å². The Labute approximate surface area is 114 Å². The van der Waals surface area contributed by atoms with Crippen LogP contribution in [0.25, 0.3) is 0 Å². The zero-order valence-electron chi connectivity index (χ0n) is 12.7. The first-order chi connectivity index (χ1) is 8.70. The SMILES string of the molecule is CCCCCCCCCCC(COC(C)C)NN. The zero-order chi connectivity index (χ0) is 13.6. The second-order valence-corrected chi connectivity index (χ2v) is 5.51. The molecule has 0 aliphatic rings. The summed E-state index contributed by atoms with van der Waals surface area (Å²) in [6.45, 7) is 7.11. The van der Waals surface area contributed by atoms with Gasteiger partial charge in [0.15, 0.2) is 0 Å². The third-order valence-electron chi connectivity index (χ3n) is 3.27. The van der Waals surface area contributed by atoms with E-state index in [4.69, 9.17) is 10.6 Å². The summed E-state index contributed by atoms with van der Waals surface area (Å²) in [7, 11) is 0. The fourth-order valence-electron chi connectivity index (χ4n) is 2.05. The molecular weight excluding hydrogens is 224 g/mol. The summed E-state index contributed by atoms with van der Waals surface area (Å²) in [5.74, 6) is 5.52. The highest BCUT2D eigenvalue weighted by molar-refractivity contribution is 4.63. The molecule has 0 aromatic carbocycles. The lowest BCUT2D eigenvalue weighted by Crippen LogP contribution is -2.39. The van der Waals surface area contributed by atoms with E-state index in [9.17, 15) is 0 Å². The number of rotatable bonds is 13. The molecule has 0 heterocycles. The number of unbranched alkanes of at least 4 members (excludes halogenated alkanes) is 7. The summed E-state index contributed by atoms with van der Waals surface area (Å²) in [5, 5.41) is 0. The van der Waals surface area contributed by atoms with E-state index in [0.29, 0.717) is 12.1 Å². The maximum atomic E-state index is 5.57. The summed E-state index contributed by atoms with van der Waals surface area (Å²) in [4.78, 5) is 0. The fraction of sp³-hybridized carbons (Fsp3) is 1.00. The lowest BCUT2D eigenvalue weighted by Gasteiger charge is -2.17. The van der Waals surface area contributed by atoms with E-state index in [0.717, 1.165) is 13.0 Å². The fourth-order valence-corrected chi connectivity index (χ4v) is 2.05. The van der Waals surface area contributed by atoms with Crippen molar-refractivity contribution in [2.45, 2.75) is 90.7 Å². The number of ether oxygens (including phenoxy) is 1. The Balaban J connectivity index is 3.28. The first-order valence-corrected chi connectivity index (χ1v) is 7.78. The van der Waals surface area contributed by atoms with Crippen molar-refractivity contribution in [3.63, 3.8) is 0 Å². The van der Waals surface area contributed by atoms with Crippen molar-refractivity contribution in [3.8, 4) is 0 Å². The van der Waals surface area contributed by atoms with Crippen molar-refractivity contribution >= 4 is 0 Å². The minimum Gasteiger partial charge on any atom is -0.377 e. The number of hydrogen-bond donors (Lipinski definition) is 2. The summed E-state index contributed by atoms with van der Waals surface area (Å²) < 4.78 is 5.57. The molecule has 0 spiro atoms. The van der Waals surface area contributed by atoms with Crippen LogP contribution in [0.15, 0.2) is 0 Å². The zero-order valence-corrected chi connectivity index (χ0v) is 12.7. The van der Waals surface area contributed by atoms with Crippen LogP contribution in [0, 0.1) is 0 Å². The maximum absolute atomic E-state index is 5.57. The first-order valence-electron chi connectivity index (χ1n) is 7.78. The van der Waals surface area contributed by atoms with Gasteiger partial charge in [-0.25, -0.2) is 0 Å². The van der Waals surface area contributed by atoms with E-state index < -0.39 is 0 Å². The topological polar surface area (TPSA) is 47.3 Å². The molecule has 1 unspecified atom stereocenters. The van der Waals surface area contributed by atoms with Crippen molar-refractivity contribution in [3.05, 3.63) is 0 Å². The molecule has 110 valence electrons. The van der Waals surface area contributed by atoms with Gasteiger partial charge in [0.2, 0.25) is 0 Å². The molecule has 0 bridgehead atoms. The van der Waals surface area contributed by atoms with E-state index in [1.54, 1.807) is 0 Å². The maximum Gasteiger partial charge on any atom is 0.0636 e. The van der Waals surface area contributed by atoms with Gasteiger partial charge in [0.05, 0.1) is 12.7 Å². The van der Waals surface area contributed by atoms with Crippen LogP contribution in [0.1, 0.15) is 78.6 Å². The molecule has 3 nitrogen and oxygen atoms in total. The number of hydrogen-bond acceptors (Lipinski definition) is 3. The molecule has 0 fully saturated rings. The summed E-state index contributed by atoms with van der Waals surface area (Å²) >= 11 is 0. The average molecular weight is 258 g/mol. The van der Waals surface area contributed by atoms with E-state index in [1.807, 2.05) is 0 Å². The third kappa shape index (κ3) is 12.3. The van der Waals surface area contributed by atoms with Crippen LogP contribution in [0.2, 0.25) is 0 Å². The predicted molar refractivity (Wildman–Crippen MR) is 79.4 cm³/mol. The Morgan fingerprint density at radius 3 is 2.00 bits per heavy atom. The van der Waals surface area contributed by atoms with Crippen LogP contribution >= 0.6 is 0 Å². The summed E-state index contributed by atoms with van der Waals surface area (Å²) in [6.07, 6.45) is 12.3. The molecule has 3 heteroatoms. The van der Waals surface area contributed by atoms with E-state index >= 15 is 0 Å². The Hall–Kier alpha value is -0.120. The second kappa shape index (κ2) is 13.3. The predicted octanol–water partition coefficient (Wildman–Crippen LogP) is 3.77. The molecule has 0 aliphatic carbocycles. The van der Waals surface area contributed by atoms with Gasteiger partial charge in [0, 0.05) is 6.04 Å². The van der Waals surface area contributed by atoms with Crippen LogP contribution < -0.4 is 11.3 Å². The standard InChI is InChI=1S/C15H34N2O/c1-4-5-6-7-8-9-10-11-12-15(17-16)13-18-14(2)3/h14-15,17H,4-13,16H2,1-3H3. The first kappa shape index (κ1) is 17.9. The summed E-state index contributed by atoms with van der Waals surface area (Å²) in [5.41, 5.74) is 2.85. The van der Waals surface area contributed by atoms with Crippen LogP contribution in [0.5, 0.6) is 0 Å². The normalized spacial score (nSPS) is 13.2. The Morgan fingerprint density at radius 1 is 0.944 bits per heavy atom. The van der Waals surface area contributed by atoms with Gasteiger partial charge in [0.1, 0.15) is 0 Å². The molecule has 0 radical (unpaired) electrons. The van der Waals surface area contributed by atoms with Crippen molar-refractivity contribution in [2.24, 2.45) is 5.84 Å². The minimum atomic E-state index is 0.291. The molecule has 18 heavy (non-hydrogen) atoms.